The number of nitrogens with one attached hydrogen (secondary N) is 1. The van der Waals surface area contributed by atoms with Crippen LogP contribution in [-0.4, -0.2) is 16.9 Å². The minimum absolute atomic E-state index is 0.0165. The normalized spacial score (nSPS) is 10.0. The van der Waals surface area contributed by atoms with Crippen molar-refractivity contribution in [3.05, 3.63) is 29.8 Å². The van der Waals surface area contributed by atoms with Crippen LogP contribution in [-0.2, 0) is 4.79 Å². The maximum absolute atomic E-state index is 11.6. The van der Waals surface area contributed by atoms with Gasteiger partial charge in [-0.2, -0.15) is 17.0 Å². The number of hydrogen-bond donors (Lipinski definition) is 1. The second-order valence-corrected chi connectivity index (χ2v) is 5.59. The molecule has 3 nitrogen and oxygen atoms in total. The third kappa shape index (κ3) is 5.41. The molecule has 1 aromatic carbocycles. The van der Waals surface area contributed by atoms with E-state index in [-0.39, 0.29) is 5.91 Å². The number of hydrogen-bond acceptors (Lipinski definition) is 3. The van der Waals surface area contributed by atoms with E-state index in [9.17, 15) is 4.79 Å². The Labute approximate surface area is 106 Å². The summed E-state index contributed by atoms with van der Waals surface area (Å²) in [5.41, 5.74) is 1.34. The highest BCUT2D eigenvalue weighted by molar-refractivity contribution is 7.99. The van der Waals surface area contributed by atoms with E-state index in [1.807, 2.05) is 6.07 Å². The number of thioether (sulfide) groups is 1. The number of amides is 1. The van der Waals surface area contributed by atoms with Gasteiger partial charge in [0.2, 0.25) is 5.91 Å². The van der Waals surface area contributed by atoms with Crippen molar-refractivity contribution in [1.29, 1.82) is 5.26 Å². The summed E-state index contributed by atoms with van der Waals surface area (Å²) in [6.45, 7) is 4.23. The molecule has 0 saturated carbocycles. The van der Waals surface area contributed by atoms with Crippen molar-refractivity contribution in [3.8, 4) is 6.07 Å². The molecule has 4 heteroatoms. The summed E-state index contributed by atoms with van der Waals surface area (Å²) >= 11 is 1.77. The van der Waals surface area contributed by atoms with E-state index in [1.54, 1.807) is 36.0 Å². The number of rotatable bonds is 5. The lowest BCUT2D eigenvalue weighted by molar-refractivity contribution is -0.115. The molecule has 1 aromatic rings. The summed E-state index contributed by atoms with van der Waals surface area (Å²) in [6.07, 6.45) is 0.517. The van der Waals surface area contributed by atoms with Gasteiger partial charge in [-0.05, 0) is 29.5 Å². The van der Waals surface area contributed by atoms with Gasteiger partial charge in [0.05, 0.1) is 11.6 Å². The van der Waals surface area contributed by atoms with E-state index < -0.39 is 0 Å². The van der Waals surface area contributed by atoms with Gasteiger partial charge in [0.15, 0.2) is 0 Å². The van der Waals surface area contributed by atoms with Crippen molar-refractivity contribution < 1.29 is 4.79 Å². The first-order valence-corrected chi connectivity index (χ1v) is 6.58. The molecule has 0 aliphatic rings. The molecule has 1 rings (SSSR count). The Kier molecular flexibility index (Phi) is 5.58. The van der Waals surface area contributed by atoms with Crippen LogP contribution in [0.15, 0.2) is 24.3 Å². The lowest BCUT2D eigenvalue weighted by atomic mass is 10.2. The molecule has 0 aliphatic carbocycles. The number of nitriles is 1. The number of carbonyl (C=O) groups is 1. The van der Waals surface area contributed by atoms with Crippen molar-refractivity contribution >= 4 is 23.4 Å². The molecule has 0 unspecified atom stereocenters. The number of carbonyl (C=O) groups excluding carboxylic acids is 1. The number of anilines is 1. The van der Waals surface area contributed by atoms with E-state index in [0.29, 0.717) is 17.2 Å². The minimum Gasteiger partial charge on any atom is -0.326 e. The van der Waals surface area contributed by atoms with Crippen LogP contribution in [0.1, 0.15) is 25.8 Å². The Morgan fingerprint density at radius 3 is 2.59 bits per heavy atom. The molecule has 0 atom stereocenters. The molecular formula is C13H16N2OS. The second kappa shape index (κ2) is 6.97. The van der Waals surface area contributed by atoms with Crippen LogP contribution in [0.5, 0.6) is 0 Å². The van der Waals surface area contributed by atoms with Crippen molar-refractivity contribution in [3.63, 3.8) is 0 Å². The van der Waals surface area contributed by atoms with Gasteiger partial charge >= 0.3 is 0 Å². The predicted molar refractivity (Wildman–Crippen MR) is 72.0 cm³/mol. The Morgan fingerprint density at radius 2 is 2.06 bits per heavy atom. The largest absolute Gasteiger partial charge is 0.326 e. The number of benzene rings is 1. The van der Waals surface area contributed by atoms with E-state index in [4.69, 9.17) is 5.26 Å². The summed E-state index contributed by atoms with van der Waals surface area (Å²) in [7, 11) is 0. The summed E-state index contributed by atoms with van der Waals surface area (Å²) < 4.78 is 0. The van der Waals surface area contributed by atoms with Crippen molar-refractivity contribution in [2.24, 2.45) is 0 Å². The Bertz CT molecular complexity index is 406. The molecular weight excluding hydrogens is 232 g/mol. The zero-order valence-corrected chi connectivity index (χ0v) is 10.9. The van der Waals surface area contributed by atoms with Crippen molar-refractivity contribution in [2.75, 3.05) is 11.1 Å². The van der Waals surface area contributed by atoms with Gasteiger partial charge in [-0.15, -0.1) is 0 Å². The highest BCUT2D eigenvalue weighted by Crippen LogP contribution is 2.12. The summed E-state index contributed by atoms with van der Waals surface area (Å²) in [5, 5.41) is 12.0. The lowest BCUT2D eigenvalue weighted by Crippen LogP contribution is -2.12. The monoisotopic (exact) mass is 248 g/mol. The molecule has 1 amide bonds. The molecule has 0 aromatic heterocycles. The van der Waals surface area contributed by atoms with Gasteiger partial charge < -0.3 is 5.32 Å². The maximum atomic E-state index is 11.6. The Balaban J connectivity index is 2.37. The SMILES string of the molecule is CC(C)SCCC(=O)Nc1ccc(C#N)cc1. The zero-order chi connectivity index (χ0) is 12.7. The van der Waals surface area contributed by atoms with Gasteiger partial charge in [-0.1, -0.05) is 13.8 Å². The molecule has 90 valence electrons. The van der Waals surface area contributed by atoms with Gasteiger partial charge in [-0.3, -0.25) is 4.79 Å². The number of nitrogens with zero attached hydrogens (tertiary/aromatic N) is 1. The molecule has 0 heterocycles. The van der Waals surface area contributed by atoms with Crippen LogP contribution in [0.3, 0.4) is 0 Å². The quantitative estimate of drug-likeness (QED) is 0.871. The topological polar surface area (TPSA) is 52.9 Å². The van der Waals surface area contributed by atoms with Crippen LogP contribution in [0.2, 0.25) is 0 Å². The molecule has 0 saturated heterocycles. The Hall–Kier alpha value is -1.47. The maximum Gasteiger partial charge on any atom is 0.225 e. The van der Waals surface area contributed by atoms with Gasteiger partial charge in [0, 0.05) is 17.9 Å². The first-order valence-electron chi connectivity index (χ1n) is 5.53. The zero-order valence-electron chi connectivity index (χ0n) is 10.1. The van der Waals surface area contributed by atoms with Gasteiger partial charge in [0.25, 0.3) is 0 Å². The van der Waals surface area contributed by atoms with Gasteiger partial charge in [0.1, 0.15) is 0 Å². The Morgan fingerprint density at radius 1 is 1.41 bits per heavy atom. The highest BCUT2D eigenvalue weighted by atomic mass is 32.2. The summed E-state index contributed by atoms with van der Waals surface area (Å²) in [5.74, 6) is 0.850. The average molecular weight is 248 g/mol. The molecule has 0 bridgehead atoms. The average Bonchev–Trinajstić information content (AvgIpc) is 2.29. The van der Waals surface area contributed by atoms with Crippen LogP contribution >= 0.6 is 11.8 Å². The third-order valence-corrected chi connectivity index (χ3v) is 3.18. The minimum atomic E-state index is 0.0165. The van der Waals surface area contributed by atoms with Crippen molar-refractivity contribution in [2.45, 2.75) is 25.5 Å². The first kappa shape index (κ1) is 13.6. The fourth-order valence-electron chi connectivity index (χ4n) is 1.24. The fourth-order valence-corrected chi connectivity index (χ4v) is 2.01. The third-order valence-electron chi connectivity index (χ3n) is 2.08. The predicted octanol–water partition coefficient (Wildman–Crippen LogP) is 3.03. The van der Waals surface area contributed by atoms with Crippen molar-refractivity contribution in [1.82, 2.24) is 0 Å². The smallest absolute Gasteiger partial charge is 0.225 e. The van der Waals surface area contributed by atoms with Crippen LogP contribution in [0.4, 0.5) is 5.69 Å². The molecule has 0 spiro atoms. The standard InChI is InChI=1S/C13H16N2OS/c1-10(2)17-8-7-13(16)15-12-5-3-11(9-14)4-6-12/h3-6,10H,7-8H2,1-2H3,(H,15,16). The molecule has 0 fully saturated rings. The van der Waals surface area contributed by atoms with E-state index in [0.717, 1.165) is 11.4 Å². The van der Waals surface area contributed by atoms with Gasteiger partial charge in [-0.25, -0.2) is 0 Å². The van der Waals surface area contributed by atoms with Crippen LogP contribution < -0.4 is 5.32 Å². The summed E-state index contributed by atoms with van der Waals surface area (Å²) in [4.78, 5) is 11.6. The van der Waals surface area contributed by atoms with Crippen LogP contribution in [0.25, 0.3) is 0 Å². The highest BCUT2D eigenvalue weighted by Gasteiger charge is 2.03. The second-order valence-electron chi connectivity index (χ2n) is 3.91. The molecule has 1 N–H and O–H groups in total. The van der Waals surface area contributed by atoms with Crippen LogP contribution in [0, 0.1) is 11.3 Å². The van der Waals surface area contributed by atoms with E-state index >= 15 is 0 Å². The fraction of sp³-hybridized carbons (Fsp3) is 0.385. The van der Waals surface area contributed by atoms with E-state index in [2.05, 4.69) is 19.2 Å². The lowest BCUT2D eigenvalue weighted by Gasteiger charge is -2.06. The molecule has 17 heavy (non-hydrogen) atoms. The molecule has 0 aliphatic heterocycles. The summed E-state index contributed by atoms with van der Waals surface area (Å²) in [6, 6.07) is 8.91. The first-order chi connectivity index (χ1) is 8.11. The van der Waals surface area contributed by atoms with E-state index in [1.165, 1.54) is 0 Å². The molecule has 0 radical (unpaired) electrons.